The van der Waals surface area contributed by atoms with Crippen molar-refractivity contribution in [3.63, 3.8) is 0 Å². The van der Waals surface area contributed by atoms with Crippen LogP contribution in [0.1, 0.15) is 24.8 Å². The molecule has 0 aliphatic heterocycles. The summed E-state index contributed by atoms with van der Waals surface area (Å²) in [4.78, 5) is 0. The molecule has 1 saturated carbocycles. The molecule has 3 nitrogen and oxygen atoms in total. The van der Waals surface area contributed by atoms with E-state index in [1.54, 1.807) is 0 Å². The molecule has 4 N–H and O–H groups in total. The molecule has 2 unspecified atom stereocenters. The highest BCUT2D eigenvalue weighted by Crippen LogP contribution is 2.28. The van der Waals surface area contributed by atoms with Gasteiger partial charge in [-0.1, -0.05) is 12.1 Å². The molecular weight excluding hydrogens is 200 g/mol. The maximum absolute atomic E-state index is 9.45. The summed E-state index contributed by atoms with van der Waals surface area (Å²) >= 11 is 0. The number of hydrogen-bond acceptors (Lipinski definition) is 3. The number of nitrogen functional groups attached to an aromatic ring is 1. The van der Waals surface area contributed by atoms with Crippen LogP contribution in [-0.2, 0) is 0 Å². The molecule has 1 aromatic rings. The largest absolute Gasteiger partial charge is 0.397 e. The van der Waals surface area contributed by atoms with Gasteiger partial charge < -0.3 is 16.2 Å². The van der Waals surface area contributed by atoms with Gasteiger partial charge in [-0.3, -0.25) is 0 Å². The van der Waals surface area contributed by atoms with Crippen molar-refractivity contribution in [2.75, 3.05) is 17.6 Å². The number of para-hydroxylation sites is 1. The maximum Gasteiger partial charge on any atom is 0.0603 e. The van der Waals surface area contributed by atoms with Gasteiger partial charge in [-0.2, -0.15) is 0 Å². The lowest BCUT2D eigenvalue weighted by molar-refractivity contribution is 0.178. The van der Waals surface area contributed by atoms with E-state index in [1.165, 1.54) is 5.56 Å². The first-order valence-corrected chi connectivity index (χ1v) is 5.94. The van der Waals surface area contributed by atoms with Gasteiger partial charge in [0.15, 0.2) is 0 Å². The Hall–Kier alpha value is -1.22. The molecule has 3 heteroatoms. The molecule has 0 amide bonds. The molecular formula is C13H20N2O. The van der Waals surface area contributed by atoms with Crippen molar-refractivity contribution in [3.05, 3.63) is 23.8 Å². The van der Waals surface area contributed by atoms with Gasteiger partial charge in [0.25, 0.3) is 0 Å². The number of anilines is 2. The van der Waals surface area contributed by atoms with Crippen LogP contribution in [0.3, 0.4) is 0 Å². The van der Waals surface area contributed by atoms with Gasteiger partial charge in [0, 0.05) is 6.54 Å². The first-order chi connectivity index (χ1) is 7.66. The normalized spacial score (nSPS) is 24.6. The fourth-order valence-corrected chi connectivity index (χ4v) is 2.41. The second kappa shape index (κ2) is 4.74. The number of hydrogen-bond donors (Lipinski definition) is 3. The molecule has 1 fully saturated rings. The standard InChI is InChI=1S/C13H20N2O/c1-9-3-2-4-12(14)13(9)15-8-10-5-6-11(16)7-10/h2-4,10-11,15-16H,5-8,14H2,1H3. The Labute approximate surface area is 96.7 Å². The lowest BCUT2D eigenvalue weighted by atomic mass is 10.1. The van der Waals surface area contributed by atoms with Crippen molar-refractivity contribution in [1.29, 1.82) is 0 Å². The molecule has 0 aromatic heterocycles. The van der Waals surface area contributed by atoms with Crippen LogP contribution >= 0.6 is 0 Å². The summed E-state index contributed by atoms with van der Waals surface area (Å²) in [5.41, 5.74) is 8.95. The van der Waals surface area contributed by atoms with Gasteiger partial charge in [-0.05, 0) is 43.7 Å². The topological polar surface area (TPSA) is 58.3 Å². The molecule has 1 aliphatic carbocycles. The zero-order chi connectivity index (χ0) is 11.5. The van der Waals surface area contributed by atoms with Gasteiger partial charge in [0.1, 0.15) is 0 Å². The van der Waals surface area contributed by atoms with E-state index >= 15 is 0 Å². The van der Waals surface area contributed by atoms with Crippen LogP contribution in [0, 0.1) is 12.8 Å². The predicted molar refractivity (Wildman–Crippen MR) is 67.4 cm³/mol. The summed E-state index contributed by atoms with van der Waals surface area (Å²) in [6, 6.07) is 5.94. The fourth-order valence-electron chi connectivity index (χ4n) is 2.41. The predicted octanol–water partition coefficient (Wildman–Crippen LogP) is 2.15. The molecule has 0 radical (unpaired) electrons. The molecule has 1 aromatic carbocycles. The summed E-state index contributed by atoms with van der Waals surface area (Å²) in [6.07, 6.45) is 2.87. The Kier molecular flexibility index (Phi) is 3.34. The number of aliphatic hydroxyl groups is 1. The second-order valence-electron chi connectivity index (χ2n) is 4.75. The van der Waals surface area contributed by atoms with Crippen molar-refractivity contribution in [1.82, 2.24) is 0 Å². The van der Waals surface area contributed by atoms with Crippen molar-refractivity contribution in [2.24, 2.45) is 5.92 Å². The SMILES string of the molecule is Cc1cccc(N)c1NCC1CCC(O)C1. The zero-order valence-electron chi connectivity index (χ0n) is 9.74. The number of rotatable bonds is 3. The van der Waals surface area contributed by atoms with Crippen LogP contribution in [0.2, 0.25) is 0 Å². The van der Waals surface area contributed by atoms with Gasteiger partial charge in [-0.25, -0.2) is 0 Å². The third-order valence-electron chi connectivity index (χ3n) is 3.39. The lowest BCUT2D eigenvalue weighted by Gasteiger charge is -2.15. The second-order valence-corrected chi connectivity index (χ2v) is 4.75. The van der Waals surface area contributed by atoms with Crippen LogP contribution in [-0.4, -0.2) is 17.8 Å². The van der Waals surface area contributed by atoms with Crippen LogP contribution in [0.25, 0.3) is 0 Å². The van der Waals surface area contributed by atoms with Crippen molar-refractivity contribution in [3.8, 4) is 0 Å². The van der Waals surface area contributed by atoms with Crippen molar-refractivity contribution < 1.29 is 5.11 Å². The van der Waals surface area contributed by atoms with E-state index in [1.807, 2.05) is 12.1 Å². The lowest BCUT2D eigenvalue weighted by Crippen LogP contribution is -2.14. The highest BCUT2D eigenvalue weighted by atomic mass is 16.3. The molecule has 88 valence electrons. The number of nitrogens with one attached hydrogen (secondary N) is 1. The van der Waals surface area contributed by atoms with Crippen LogP contribution in [0.15, 0.2) is 18.2 Å². The van der Waals surface area contributed by atoms with Gasteiger partial charge in [0.2, 0.25) is 0 Å². The van der Waals surface area contributed by atoms with E-state index in [-0.39, 0.29) is 6.10 Å². The Morgan fingerprint density at radius 3 is 2.88 bits per heavy atom. The Morgan fingerprint density at radius 1 is 1.44 bits per heavy atom. The highest BCUT2D eigenvalue weighted by molar-refractivity contribution is 5.69. The van der Waals surface area contributed by atoms with Crippen LogP contribution < -0.4 is 11.1 Å². The van der Waals surface area contributed by atoms with E-state index in [0.29, 0.717) is 5.92 Å². The summed E-state index contributed by atoms with van der Waals surface area (Å²) < 4.78 is 0. The highest BCUT2D eigenvalue weighted by Gasteiger charge is 2.22. The van der Waals surface area contributed by atoms with Crippen LogP contribution in [0.4, 0.5) is 11.4 Å². The van der Waals surface area contributed by atoms with E-state index in [9.17, 15) is 5.11 Å². The summed E-state index contributed by atoms with van der Waals surface area (Å²) in [5, 5.41) is 12.9. The van der Waals surface area contributed by atoms with Gasteiger partial charge in [-0.15, -0.1) is 0 Å². The number of aliphatic hydroxyl groups excluding tert-OH is 1. The minimum atomic E-state index is -0.0963. The molecule has 2 rings (SSSR count). The fraction of sp³-hybridized carbons (Fsp3) is 0.538. The monoisotopic (exact) mass is 220 g/mol. The third kappa shape index (κ3) is 2.47. The third-order valence-corrected chi connectivity index (χ3v) is 3.39. The average Bonchev–Trinajstić information content (AvgIpc) is 2.63. The Balaban J connectivity index is 1.94. The molecule has 0 saturated heterocycles. The number of nitrogens with two attached hydrogens (primary N) is 1. The number of aryl methyl sites for hydroxylation is 1. The summed E-state index contributed by atoms with van der Waals surface area (Å²) in [6.45, 7) is 2.97. The molecule has 0 heterocycles. The van der Waals surface area contributed by atoms with E-state index < -0.39 is 0 Å². The average molecular weight is 220 g/mol. The van der Waals surface area contributed by atoms with E-state index in [2.05, 4.69) is 18.3 Å². The first kappa shape index (κ1) is 11.3. The zero-order valence-corrected chi connectivity index (χ0v) is 9.74. The van der Waals surface area contributed by atoms with Crippen molar-refractivity contribution in [2.45, 2.75) is 32.3 Å². The molecule has 2 atom stereocenters. The molecule has 16 heavy (non-hydrogen) atoms. The molecule has 0 spiro atoms. The Bertz CT molecular complexity index is 345. The van der Waals surface area contributed by atoms with E-state index in [0.717, 1.165) is 37.2 Å². The minimum Gasteiger partial charge on any atom is -0.397 e. The summed E-state index contributed by atoms with van der Waals surface area (Å²) in [5.74, 6) is 0.578. The quantitative estimate of drug-likeness (QED) is 0.684. The minimum absolute atomic E-state index is 0.0963. The molecule has 1 aliphatic rings. The Morgan fingerprint density at radius 2 is 2.25 bits per heavy atom. The summed E-state index contributed by atoms with van der Waals surface area (Å²) in [7, 11) is 0. The van der Waals surface area contributed by atoms with Gasteiger partial charge >= 0.3 is 0 Å². The van der Waals surface area contributed by atoms with Crippen molar-refractivity contribution >= 4 is 11.4 Å². The van der Waals surface area contributed by atoms with Crippen LogP contribution in [0.5, 0.6) is 0 Å². The van der Waals surface area contributed by atoms with Gasteiger partial charge in [0.05, 0.1) is 17.5 Å². The molecule has 0 bridgehead atoms. The maximum atomic E-state index is 9.45. The smallest absolute Gasteiger partial charge is 0.0603 e. The first-order valence-electron chi connectivity index (χ1n) is 5.94. The van der Waals surface area contributed by atoms with E-state index in [4.69, 9.17) is 5.73 Å². The number of benzene rings is 1.